The topological polar surface area (TPSA) is 47.0 Å². The third-order valence-corrected chi connectivity index (χ3v) is 3.48. The van der Waals surface area contributed by atoms with Gasteiger partial charge in [0, 0.05) is 10.7 Å². The molecule has 0 atom stereocenters. The Morgan fingerprint density at radius 2 is 2.00 bits per heavy atom. The van der Waals surface area contributed by atoms with Gasteiger partial charge in [-0.15, -0.1) is 0 Å². The lowest BCUT2D eigenvalue weighted by molar-refractivity contribution is 0.147. The van der Waals surface area contributed by atoms with Crippen molar-refractivity contribution < 1.29 is 17.2 Å². The van der Waals surface area contributed by atoms with E-state index in [0.717, 1.165) is 6.07 Å². The molecule has 3 nitrogen and oxygen atoms in total. The highest BCUT2D eigenvalue weighted by atomic mass is 79.9. The van der Waals surface area contributed by atoms with E-state index in [0.29, 0.717) is 0 Å². The number of hydrogen-bond acceptors (Lipinski definition) is 3. The van der Waals surface area contributed by atoms with Crippen LogP contribution in [0, 0.1) is 0 Å². The van der Waals surface area contributed by atoms with Crippen molar-refractivity contribution in [1.82, 2.24) is 4.98 Å². The van der Waals surface area contributed by atoms with Gasteiger partial charge in [0.1, 0.15) is 9.76 Å². The first-order valence-corrected chi connectivity index (χ1v) is 6.80. The molecule has 0 aliphatic rings. The van der Waals surface area contributed by atoms with Crippen molar-refractivity contribution in [1.29, 1.82) is 0 Å². The lowest BCUT2D eigenvalue weighted by atomic mass is 10.3. The molecule has 1 aromatic heterocycles. The zero-order valence-electron chi connectivity index (χ0n) is 6.72. The van der Waals surface area contributed by atoms with Crippen LogP contribution in [0.5, 0.6) is 0 Å². The van der Waals surface area contributed by atoms with Crippen molar-refractivity contribution in [3.63, 3.8) is 0 Å². The molecule has 0 spiro atoms. The normalized spacial score (nSPS) is 12.1. The van der Waals surface area contributed by atoms with Crippen LogP contribution in [-0.2, 0) is 9.05 Å². The second-order valence-electron chi connectivity index (χ2n) is 2.39. The van der Waals surface area contributed by atoms with Gasteiger partial charge in [0.2, 0.25) is 0 Å². The Bertz CT molecular complexity index is 494. The molecule has 0 saturated heterocycles. The van der Waals surface area contributed by atoms with E-state index < -0.39 is 31.1 Å². The quantitative estimate of drug-likeness (QED) is 0.612. The summed E-state index contributed by atoms with van der Waals surface area (Å²) in [6, 6.07) is 0.871. The number of hydrogen-bond donors (Lipinski definition) is 0. The lowest BCUT2D eigenvalue weighted by Crippen LogP contribution is -2.01. The molecule has 84 valence electrons. The summed E-state index contributed by atoms with van der Waals surface area (Å²) >= 11 is 8.22. The first-order chi connectivity index (χ1) is 6.73. The molecule has 0 N–H and O–H groups in total. The highest BCUT2D eigenvalue weighted by Crippen LogP contribution is 2.34. The number of aromatic nitrogens is 1. The average Bonchev–Trinajstić information content (AvgIpc) is 1.99. The summed E-state index contributed by atoms with van der Waals surface area (Å²) in [6.45, 7) is 0. The lowest BCUT2D eigenvalue weighted by Gasteiger charge is -2.07. The Hall–Kier alpha value is 0.0200. The number of alkyl halides is 2. The van der Waals surface area contributed by atoms with Gasteiger partial charge in [-0.25, -0.2) is 22.2 Å². The minimum atomic E-state index is -4.29. The number of halogens is 5. The standard InChI is InChI=1S/C6H2BrCl2F2NO2S/c7-3-1-2(15(9,13)14)4(6(10)11)5(8)12-3/h1,6H. The molecule has 15 heavy (non-hydrogen) atoms. The molecule has 0 aliphatic heterocycles. The molecule has 0 radical (unpaired) electrons. The largest absolute Gasteiger partial charge is 0.268 e. The van der Waals surface area contributed by atoms with Gasteiger partial charge in [0.25, 0.3) is 15.5 Å². The minimum absolute atomic E-state index is 0.0103. The van der Waals surface area contributed by atoms with Gasteiger partial charge >= 0.3 is 0 Å². The number of pyridine rings is 1. The molecule has 0 aromatic carbocycles. The van der Waals surface area contributed by atoms with Gasteiger partial charge in [0.05, 0.1) is 10.5 Å². The Balaban J connectivity index is 3.62. The Morgan fingerprint density at radius 1 is 1.47 bits per heavy atom. The van der Waals surface area contributed by atoms with Crippen LogP contribution >= 0.6 is 38.2 Å². The first-order valence-electron chi connectivity index (χ1n) is 3.32. The summed E-state index contributed by atoms with van der Waals surface area (Å²) in [5.74, 6) is 0. The van der Waals surface area contributed by atoms with E-state index in [1.807, 2.05) is 0 Å². The number of rotatable bonds is 2. The van der Waals surface area contributed by atoms with Gasteiger partial charge in [-0.2, -0.15) is 0 Å². The van der Waals surface area contributed by atoms with E-state index in [-0.39, 0.29) is 4.60 Å². The maximum atomic E-state index is 12.5. The molecule has 0 aliphatic carbocycles. The second kappa shape index (κ2) is 4.48. The van der Waals surface area contributed by atoms with Crippen LogP contribution in [0.25, 0.3) is 0 Å². The van der Waals surface area contributed by atoms with E-state index in [9.17, 15) is 17.2 Å². The highest BCUT2D eigenvalue weighted by Gasteiger charge is 2.26. The monoisotopic (exact) mass is 339 g/mol. The Labute approximate surface area is 102 Å². The molecule has 0 bridgehead atoms. The molecule has 0 saturated carbocycles. The molecule has 0 unspecified atom stereocenters. The zero-order valence-corrected chi connectivity index (χ0v) is 10.6. The van der Waals surface area contributed by atoms with E-state index in [1.54, 1.807) is 0 Å². The fraction of sp³-hybridized carbons (Fsp3) is 0.167. The third-order valence-electron chi connectivity index (χ3n) is 1.42. The molecule has 1 rings (SSSR count). The average molecular weight is 341 g/mol. The third kappa shape index (κ3) is 2.99. The molecule has 0 amide bonds. The molecular weight excluding hydrogens is 339 g/mol. The van der Waals surface area contributed by atoms with Crippen LogP contribution in [0.2, 0.25) is 5.15 Å². The first kappa shape index (κ1) is 13.1. The van der Waals surface area contributed by atoms with Crippen molar-refractivity contribution in [2.24, 2.45) is 0 Å². The van der Waals surface area contributed by atoms with Crippen LogP contribution in [0.4, 0.5) is 8.78 Å². The van der Waals surface area contributed by atoms with Crippen molar-refractivity contribution in [3.05, 3.63) is 21.4 Å². The maximum absolute atomic E-state index is 12.5. The minimum Gasteiger partial charge on any atom is -0.229 e. The van der Waals surface area contributed by atoms with Crippen LogP contribution in [-0.4, -0.2) is 13.4 Å². The van der Waals surface area contributed by atoms with Crippen LogP contribution in [0.3, 0.4) is 0 Å². The second-order valence-corrected chi connectivity index (χ2v) is 6.09. The van der Waals surface area contributed by atoms with Gasteiger partial charge in [-0.1, -0.05) is 11.6 Å². The Kier molecular flexibility index (Phi) is 3.91. The van der Waals surface area contributed by atoms with Crippen molar-refractivity contribution in [2.45, 2.75) is 11.3 Å². The summed E-state index contributed by atoms with van der Waals surface area (Å²) in [6.07, 6.45) is -3.07. The van der Waals surface area contributed by atoms with Gasteiger partial charge < -0.3 is 0 Å². The highest BCUT2D eigenvalue weighted by molar-refractivity contribution is 9.10. The van der Waals surface area contributed by atoms with E-state index >= 15 is 0 Å². The molecular formula is C6H2BrCl2F2NO2S. The summed E-state index contributed by atoms with van der Waals surface area (Å²) in [4.78, 5) is 2.70. The van der Waals surface area contributed by atoms with Crippen LogP contribution < -0.4 is 0 Å². The van der Waals surface area contributed by atoms with E-state index in [4.69, 9.17) is 22.3 Å². The summed E-state index contributed by atoms with van der Waals surface area (Å²) in [7, 11) is 0.698. The fourth-order valence-electron chi connectivity index (χ4n) is 0.873. The smallest absolute Gasteiger partial charge is 0.229 e. The van der Waals surface area contributed by atoms with Crippen molar-refractivity contribution in [3.8, 4) is 0 Å². The zero-order chi connectivity index (χ0) is 11.8. The molecule has 0 fully saturated rings. The fourth-order valence-corrected chi connectivity index (χ4v) is 2.95. The molecule has 1 heterocycles. The van der Waals surface area contributed by atoms with Crippen molar-refractivity contribution >= 4 is 47.3 Å². The maximum Gasteiger partial charge on any atom is 0.268 e. The van der Waals surface area contributed by atoms with Crippen LogP contribution in [0.15, 0.2) is 15.6 Å². The van der Waals surface area contributed by atoms with Crippen molar-refractivity contribution in [2.75, 3.05) is 0 Å². The number of nitrogens with zero attached hydrogens (tertiary/aromatic N) is 1. The molecule has 9 heteroatoms. The van der Waals surface area contributed by atoms with E-state index in [1.165, 1.54) is 0 Å². The van der Waals surface area contributed by atoms with Gasteiger partial charge in [0.15, 0.2) is 0 Å². The van der Waals surface area contributed by atoms with Crippen LogP contribution in [0.1, 0.15) is 12.0 Å². The summed E-state index contributed by atoms with van der Waals surface area (Å²) in [5, 5.41) is -0.599. The Morgan fingerprint density at radius 3 is 2.40 bits per heavy atom. The van der Waals surface area contributed by atoms with E-state index in [2.05, 4.69) is 20.9 Å². The SMILES string of the molecule is O=S(=O)(Cl)c1cc(Br)nc(Cl)c1C(F)F. The summed E-state index contributed by atoms with van der Waals surface area (Å²) < 4.78 is 47.0. The predicted octanol–water partition coefficient (Wildman–Crippen LogP) is 3.36. The molecule has 1 aromatic rings. The van der Waals surface area contributed by atoms with Gasteiger partial charge in [-0.05, 0) is 22.0 Å². The predicted molar refractivity (Wildman–Crippen MR) is 54.9 cm³/mol. The summed E-state index contributed by atoms with van der Waals surface area (Å²) in [5.41, 5.74) is -0.894. The van der Waals surface area contributed by atoms with Gasteiger partial charge in [-0.3, -0.25) is 0 Å².